The smallest absolute Gasteiger partial charge is 0.143 e. The van der Waals surface area contributed by atoms with Crippen LogP contribution >= 0.6 is 0 Å². The molecule has 0 bridgehead atoms. The maximum absolute atomic E-state index is 8.33. The summed E-state index contributed by atoms with van der Waals surface area (Å²) in [7, 11) is 0. The third kappa shape index (κ3) is 4.04. The Kier molecular flexibility index (Phi) is 5.32. The van der Waals surface area contributed by atoms with Crippen molar-refractivity contribution in [1.82, 2.24) is 0 Å². The Morgan fingerprint density at radius 2 is 1.83 bits per heavy atom. The van der Waals surface area contributed by atoms with Gasteiger partial charge in [0.05, 0.1) is 19.3 Å². The minimum atomic E-state index is -0.200. The first-order valence-electron chi connectivity index (χ1n) is 4.73. The van der Waals surface area contributed by atoms with Gasteiger partial charge in [-0.05, 0) is 12.8 Å². The fraction of sp³-hybridized carbons (Fsp3) is 1.00. The van der Waals surface area contributed by atoms with Crippen molar-refractivity contribution in [1.29, 1.82) is 0 Å². The molecule has 1 saturated carbocycles. The second-order valence-electron chi connectivity index (χ2n) is 3.17. The average molecular weight is 174 g/mol. The molecule has 1 rings (SSSR count). The van der Waals surface area contributed by atoms with Crippen LogP contribution in [-0.4, -0.2) is 31.2 Å². The highest BCUT2D eigenvalue weighted by atomic mass is 16.6. The predicted molar refractivity (Wildman–Crippen MR) is 45.9 cm³/mol. The maximum atomic E-state index is 8.33. The van der Waals surface area contributed by atoms with Gasteiger partial charge in [0, 0.05) is 0 Å². The summed E-state index contributed by atoms with van der Waals surface area (Å²) in [6.45, 7) is 0.923. The number of rotatable bonds is 5. The molecular weight excluding hydrogens is 156 g/mol. The minimum absolute atomic E-state index is 0.200. The highest BCUT2D eigenvalue weighted by Crippen LogP contribution is 2.19. The fourth-order valence-electron chi connectivity index (χ4n) is 1.57. The van der Waals surface area contributed by atoms with Crippen LogP contribution in [0, 0.1) is 0 Å². The fourth-order valence-corrected chi connectivity index (χ4v) is 1.57. The number of aliphatic hydroxyl groups is 1. The van der Waals surface area contributed by atoms with E-state index in [1.54, 1.807) is 0 Å². The van der Waals surface area contributed by atoms with E-state index in [0.29, 0.717) is 19.3 Å². The molecule has 1 aliphatic carbocycles. The van der Waals surface area contributed by atoms with Crippen LogP contribution in [0.5, 0.6) is 0 Å². The highest BCUT2D eigenvalue weighted by molar-refractivity contribution is 4.64. The zero-order valence-corrected chi connectivity index (χ0v) is 7.50. The van der Waals surface area contributed by atoms with E-state index in [-0.39, 0.29) is 6.79 Å². The first kappa shape index (κ1) is 9.96. The van der Waals surface area contributed by atoms with Crippen LogP contribution in [0.2, 0.25) is 0 Å². The van der Waals surface area contributed by atoms with Crippen molar-refractivity contribution in [3.63, 3.8) is 0 Å². The zero-order chi connectivity index (χ0) is 8.65. The van der Waals surface area contributed by atoms with Gasteiger partial charge in [-0.3, -0.25) is 0 Å². The van der Waals surface area contributed by atoms with E-state index in [9.17, 15) is 0 Å². The van der Waals surface area contributed by atoms with Crippen LogP contribution in [0.3, 0.4) is 0 Å². The Hall–Kier alpha value is -0.120. The number of aliphatic hydroxyl groups excluding tert-OH is 1. The Labute approximate surface area is 73.7 Å². The molecule has 0 amide bonds. The molecule has 12 heavy (non-hydrogen) atoms. The summed E-state index contributed by atoms with van der Waals surface area (Å²) in [5, 5.41) is 8.33. The molecule has 0 aliphatic heterocycles. The molecule has 0 spiro atoms. The van der Waals surface area contributed by atoms with Crippen molar-refractivity contribution in [2.45, 2.75) is 38.2 Å². The summed E-state index contributed by atoms with van der Waals surface area (Å²) in [4.78, 5) is 0. The summed E-state index contributed by atoms with van der Waals surface area (Å²) in [6.07, 6.45) is 6.78. The molecule has 1 fully saturated rings. The summed E-state index contributed by atoms with van der Waals surface area (Å²) < 4.78 is 10.3. The molecule has 3 nitrogen and oxygen atoms in total. The Bertz CT molecular complexity index is 99.9. The third-order valence-electron chi connectivity index (χ3n) is 2.22. The number of hydrogen-bond acceptors (Lipinski definition) is 3. The molecule has 0 aromatic carbocycles. The summed E-state index contributed by atoms with van der Waals surface area (Å²) >= 11 is 0. The van der Waals surface area contributed by atoms with Crippen LogP contribution in [0.4, 0.5) is 0 Å². The van der Waals surface area contributed by atoms with Crippen LogP contribution in [-0.2, 0) is 9.47 Å². The molecule has 0 atom stereocenters. The van der Waals surface area contributed by atoms with Crippen LogP contribution in [0.25, 0.3) is 0 Å². The molecule has 0 heterocycles. The van der Waals surface area contributed by atoms with Crippen LogP contribution < -0.4 is 0 Å². The van der Waals surface area contributed by atoms with Gasteiger partial charge < -0.3 is 14.6 Å². The number of ether oxygens (including phenoxy) is 2. The quantitative estimate of drug-likeness (QED) is 0.504. The molecule has 0 aromatic rings. The van der Waals surface area contributed by atoms with E-state index in [1.165, 1.54) is 32.1 Å². The average Bonchev–Trinajstić information content (AvgIpc) is 2.14. The van der Waals surface area contributed by atoms with Gasteiger partial charge in [-0.15, -0.1) is 0 Å². The van der Waals surface area contributed by atoms with Gasteiger partial charge in [0.25, 0.3) is 0 Å². The van der Waals surface area contributed by atoms with Crippen molar-refractivity contribution in [3.8, 4) is 0 Å². The molecule has 0 unspecified atom stereocenters. The molecule has 72 valence electrons. The van der Waals surface area contributed by atoms with Crippen molar-refractivity contribution < 1.29 is 14.6 Å². The second kappa shape index (κ2) is 6.40. The third-order valence-corrected chi connectivity index (χ3v) is 2.22. The van der Waals surface area contributed by atoms with Crippen LogP contribution in [0.1, 0.15) is 32.1 Å². The van der Waals surface area contributed by atoms with E-state index < -0.39 is 0 Å². The lowest BCUT2D eigenvalue weighted by molar-refractivity contribution is -0.0513. The topological polar surface area (TPSA) is 38.7 Å². The Morgan fingerprint density at radius 1 is 1.08 bits per heavy atom. The molecule has 0 aromatic heterocycles. The lowest BCUT2D eigenvalue weighted by atomic mass is 9.98. The molecule has 0 radical (unpaired) electrons. The highest BCUT2D eigenvalue weighted by Gasteiger charge is 2.12. The van der Waals surface area contributed by atoms with Crippen LogP contribution in [0.15, 0.2) is 0 Å². The van der Waals surface area contributed by atoms with Crippen molar-refractivity contribution in [3.05, 3.63) is 0 Å². The summed E-state index contributed by atoms with van der Waals surface area (Å²) in [6, 6.07) is 0. The van der Waals surface area contributed by atoms with Crippen molar-refractivity contribution in [2.75, 3.05) is 20.0 Å². The largest absolute Gasteiger partial charge is 0.376 e. The molecule has 0 saturated heterocycles. The van der Waals surface area contributed by atoms with Gasteiger partial charge in [-0.1, -0.05) is 19.3 Å². The second-order valence-corrected chi connectivity index (χ2v) is 3.17. The Morgan fingerprint density at radius 3 is 2.50 bits per heavy atom. The molecule has 1 aliphatic rings. The lowest BCUT2D eigenvalue weighted by Gasteiger charge is -2.21. The van der Waals surface area contributed by atoms with E-state index >= 15 is 0 Å². The van der Waals surface area contributed by atoms with Crippen molar-refractivity contribution in [2.24, 2.45) is 0 Å². The summed E-state index contributed by atoms with van der Waals surface area (Å²) in [5.41, 5.74) is 0. The standard InChI is InChI=1S/C9H18O3/c10-8-11-6-7-12-9-4-2-1-3-5-9/h9-10H,1-8H2. The van der Waals surface area contributed by atoms with Gasteiger partial charge in [0.2, 0.25) is 0 Å². The van der Waals surface area contributed by atoms with E-state index in [2.05, 4.69) is 0 Å². The van der Waals surface area contributed by atoms with Gasteiger partial charge in [0.15, 0.2) is 0 Å². The molecule has 3 heteroatoms. The minimum Gasteiger partial charge on any atom is -0.376 e. The summed E-state index contributed by atoms with van der Waals surface area (Å²) in [5.74, 6) is 0. The zero-order valence-electron chi connectivity index (χ0n) is 7.50. The van der Waals surface area contributed by atoms with E-state index in [4.69, 9.17) is 14.6 Å². The monoisotopic (exact) mass is 174 g/mol. The number of hydrogen-bond donors (Lipinski definition) is 1. The van der Waals surface area contributed by atoms with E-state index in [0.717, 1.165) is 0 Å². The SMILES string of the molecule is OCOCCOC1CCCCC1. The first-order chi connectivity index (χ1) is 5.93. The van der Waals surface area contributed by atoms with Gasteiger partial charge >= 0.3 is 0 Å². The van der Waals surface area contributed by atoms with Gasteiger partial charge in [-0.2, -0.15) is 0 Å². The van der Waals surface area contributed by atoms with Crippen molar-refractivity contribution >= 4 is 0 Å². The predicted octanol–water partition coefficient (Wildman–Crippen LogP) is 1.30. The van der Waals surface area contributed by atoms with Gasteiger partial charge in [-0.25, -0.2) is 0 Å². The Balaban J connectivity index is 1.91. The lowest BCUT2D eigenvalue weighted by Crippen LogP contribution is -2.19. The van der Waals surface area contributed by atoms with E-state index in [1.807, 2.05) is 0 Å². The normalized spacial score (nSPS) is 19.8. The van der Waals surface area contributed by atoms with Gasteiger partial charge in [0.1, 0.15) is 6.79 Å². The molecular formula is C9H18O3. The molecule has 1 N–H and O–H groups in total. The maximum Gasteiger partial charge on any atom is 0.143 e. The first-order valence-corrected chi connectivity index (χ1v) is 4.73.